The molecule has 15 heteroatoms. The summed E-state index contributed by atoms with van der Waals surface area (Å²) in [7, 11) is 1.56. The van der Waals surface area contributed by atoms with Gasteiger partial charge in [-0.1, -0.05) is 77.0 Å². The summed E-state index contributed by atoms with van der Waals surface area (Å²) in [5.41, 5.74) is 0. The fourth-order valence-corrected chi connectivity index (χ4v) is 5.03. The van der Waals surface area contributed by atoms with Crippen LogP contribution in [0.1, 0.15) is 116 Å². The highest BCUT2D eigenvalue weighted by Crippen LogP contribution is 2.13. The van der Waals surface area contributed by atoms with E-state index in [0.29, 0.717) is 84.9 Å². The Bertz CT molecular complexity index is 896. The van der Waals surface area contributed by atoms with Gasteiger partial charge in [-0.2, -0.15) is 0 Å². The quantitative estimate of drug-likeness (QED) is 0.0577. The lowest BCUT2D eigenvalue weighted by Crippen LogP contribution is -2.32. The second kappa shape index (κ2) is 39.4. The van der Waals surface area contributed by atoms with Crippen molar-refractivity contribution in [2.75, 3.05) is 92.8 Å². The van der Waals surface area contributed by atoms with Crippen LogP contribution < -0.4 is 21.3 Å². The van der Waals surface area contributed by atoms with Gasteiger partial charge in [-0.15, -0.1) is 0 Å². The monoisotopic (exact) mass is 747 g/mol. The topological polar surface area (TPSA) is 200 Å². The zero-order valence-corrected chi connectivity index (χ0v) is 32.0. The summed E-state index contributed by atoms with van der Waals surface area (Å²) in [5.74, 6) is -1.23. The second-order valence-electron chi connectivity index (χ2n) is 12.7. The van der Waals surface area contributed by atoms with E-state index in [4.69, 9.17) is 28.8 Å². The van der Waals surface area contributed by atoms with Gasteiger partial charge in [-0.25, -0.2) is 0 Å². The Hall–Kier alpha value is -2.85. The smallest absolute Gasteiger partial charge is 0.303 e. The SMILES string of the molecule is COCCNC(=O)COCCOCCNC(=O)COCCOCCNC(=O)CCCNC(=O)CCCCCCCCCCCCCCCCC(=O)O. The van der Waals surface area contributed by atoms with Gasteiger partial charge in [0.05, 0.1) is 46.2 Å². The Labute approximate surface area is 311 Å². The molecule has 0 heterocycles. The molecule has 0 aliphatic heterocycles. The first-order valence-corrected chi connectivity index (χ1v) is 19.4. The van der Waals surface area contributed by atoms with E-state index >= 15 is 0 Å². The molecule has 0 radical (unpaired) electrons. The lowest BCUT2D eigenvalue weighted by Gasteiger charge is -2.09. The van der Waals surface area contributed by atoms with Crippen LogP contribution in [0, 0.1) is 0 Å². The van der Waals surface area contributed by atoms with Crippen molar-refractivity contribution in [3.63, 3.8) is 0 Å². The fourth-order valence-electron chi connectivity index (χ4n) is 5.03. The first kappa shape index (κ1) is 49.1. The van der Waals surface area contributed by atoms with Gasteiger partial charge in [-0.3, -0.25) is 24.0 Å². The average Bonchev–Trinajstić information content (AvgIpc) is 3.12. The molecule has 304 valence electrons. The molecule has 0 aromatic rings. The van der Waals surface area contributed by atoms with Crippen LogP contribution in [-0.2, 0) is 47.7 Å². The number of aliphatic carboxylic acids is 1. The highest BCUT2D eigenvalue weighted by atomic mass is 16.5. The van der Waals surface area contributed by atoms with Gasteiger partial charge in [0, 0.05) is 52.6 Å². The van der Waals surface area contributed by atoms with Gasteiger partial charge in [-0.05, 0) is 19.3 Å². The minimum atomic E-state index is -0.694. The molecule has 0 aliphatic rings. The molecule has 0 atom stereocenters. The largest absolute Gasteiger partial charge is 0.481 e. The molecule has 0 aliphatic carbocycles. The molecule has 0 saturated heterocycles. The van der Waals surface area contributed by atoms with Crippen LogP contribution in [0.25, 0.3) is 0 Å². The number of carboxylic acid groups (broad SMARTS) is 1. The number of hydrogen-bond acceptors (Lipinski definition) is 10. The van der Waals surface area contributed by atoms with E-state index in [9.17, 15) is 24.0 Å². The third-order valence-electron chi connectivity index (χ3n) is 7.92. The minimum Gasteiger partial charge on any atom is -0.481 e. The lowest BCUT2D eigenvalue weighted by atomic mass is 10.0. The average molecular weight is 747 g/mol. The van der Waals surface area contributed by atoms with E-state index in [1.165, 1.54) is 51.4 Å². The van der Waals surface area contributed by atoms with E-state index in [1.807, 2.05) is 0 Å². The number of ether oxygens (including phenoxy) is 5. The molecule has 52 heavy (non-hydrogen) atoms. The number of carboxylic acids is 1. The van der Waals surface area contributed by atoms with Gasteiger partial charge in [0.1, 0.15) is 13.2 Å². The van der Waals surface area contributed by atoms with Gasteiger partial charge in [0.15, 0.2) is 0 Å². The van der Waals surface area contributed by atoms with Crippen molar-refractivity contribution >= 4 is 29.6 Å². The molecule has 5 N–H and O–H groups in total. The normalized spacial score (nSPS) is 10.9. The first-order valence-electron chi connectivity index (χ1n) is 19.4. The summed E-state index contributed by atoms with van der Waals surface area (Å²) in [5, 5.41) is 19.6. The molecule has 0 unspecified atom stereocenters. The van der Waals surface area contributed by atoms with Crippen molar-refractivity contribution in [2.45, 2.75) is 116 Å². The molecule has 15 nitrogen and oxygen atoms in total. The highest BCUT2D eigenvalue weighted by Gasteiger charge is 2.05. The van der Waals surface area contributed by atoms with Crippen molar-refractivity contribution < 1.29 is 52.8 Å². The number of methoxy groups -OCH3 is 1. The number of carbonyl (C=O) groups is 5. The molecule has 0 saturated carbocycles. The summed E-state index contributed by atoms with van der Waals surface area (Å²) >= 11 is 0. The van der Waals surface area contributed by atoms with Gasteiger partial charge in [0.2, 0.25) is 23.6 Å². The molecule has 0 bridgehead atoms. The maximum atomic E-state index is 12.0. The molecule has 4 amide bonds. The standard InChI is InChI=1S/C37H70N4O11/c1-48-24-21-40-35(44)31-51-30-28-50-26-23-41-36(45)32-52-29-27-49-25-22-39-34(43)18-16-20-38-33(42)17-14-12-10-8-6-4-2-3-5-7-9-11-13-15-19-37(46)47/h2-32H2,1H3,(H,38,42)(H,39,43)(H,40,44)(H,41,45)(H,46,47). The molecule has 0 rings (SSSR count). The number of hydrogen-bond donors (Lipinski definition) is 5. The Kier molecular flexibility index (Phi) is 37.2. The number of amides is 4. The number of unbranched alkanes of at least 4 members (excludes halogenated alkanes) is 13. The Morgan fingerprint density at radius 1 is 0.385 bits per heavy atom. The van der Waals surface area contributed by atoms with Crippen molar-refractivity contribution in [1.82, 2.24) is 21.3 Å². The van der Waals surface area contributed by atoms with Crippen molar-refractivity contribution in [3.05, 3.63) is 0 Å². The summed E-state index contributed by atoms with van der Waals surface area (Å²) in [6, 6.07) is 0. The van der Waals surface area contributed by atoms with Crippen LogP contribution in [0.15, 0.2) is 0 Å². The summed E-state index contributed by atoms with van der Waals surface area (Å²) in [6.45, 7) is 3.68. The van der Waals surface area contributed by atoms with E-state index in [-0.39, 0.29) is 50.1 Å². The first-order chi connectivity index (χ1) is 25.3. The van der Waals surface area contributed by atoms with Crippen molar-refractivity contribution in [3.8, 4) is 0 Å². The second-order valence-corrected chi connectivity index (χ2v) is 12.7. The van der Waals surface area contributed by atoms with E-state index < -0.39 is 5.97 Å². The van der Waals surface area contributed by atoms with E-state index in [0.717, 1.165) is 38.5 Å². The van der Waals surface area contributed by atoms with Crippen molar-refractivity contribution in [1.29, 1.82) is 0 Å². The minimum absolute atomic E-state index is 0.0419. The summed E-state index contributed by atoms with van der Waals surface area (Å²) in [4.78, 5) is 57.7. The Morgan fingerprint density at radius 2 is 0.731 bits per heavy atom. The Balaban J connectivity index is 3.36. The molecule has 0 fully saturated rings. The van der Waals surface area contributed by atoms with Crippen LogP contribution in [0.2, 0.25) is 0 Å². The third kappa shape index (κ3) is 39.9. The lowest BCUT2D eigenvalue weighted by molar-refractivity contribution is -0.137. The molecule has 0 aromatic carbocycles. The summed E-state index contributed by atoms with van der Waals surface area (Å²) < 4.78 is 26.1. The van der Waals surface area contributed by atoms with E-state index in [1.54, 1.807) is 7.11 Å². The zero-order valence-electron chi connectivity index (χ0n) is 32.0. The number of rotatable bonds is 40. The maximum absolute atomic E-state index is 12.0. The molecule has 0 spiro atoms. The van der Waals surface area contributed by atoms with Gasteiger partial charge >= 0.3 is 5.97 Å². The maximum Gasteiger partial charge on any atom is 0.303 e. The van der Waals surface area contributed by atoms with E-state index in [2.05, 4.69) is 21.3 Å². The predicted molar refractivity (Wildman–Crippen MR) is 198 cm³/mol. The van der Waals surface area contributed by atoms with Crippen LogP contribution in [-0.4, -0.2) is 127 Å². The Morgan fingerprint density at radius 3 is 1.17 bits per heavy atom. The van der Waals surface area contributed by atoms with Crippen LogP contribution in [0.5, 0.6) is 0 Å². The predicted octanol–water partition coefficient (Wildman–Crippen LogP) is 3.27. The van der Waals surface area contributed by atoms with Crippen molar-refractivity contribution in [2.24, 2.45) is 0 Å². The molecular formula is C37H70N4O11. The number of carbonyl (C=O) groups excluding carboxylic acids is 4. The number of nitrogens with one attached hydrogen (secondary N) is 4. The molecular weight excluding hydrogens is 676 g/mol. The van der Waals surface area contributed by atoms with Crippen LogP contribution >= 0.6 is 0 Å². The summed E-state index contributed by atoms with van der Waals surface area (Å²) in [6.07, 6.45) is 17.9. The third-order valence-corrected chi connectivity index (χ3v) is 7.92. The molecule has 0 aromatic heterocycles. The fraction of sp³-hybridized carbons (Fsp3) is 0.865. The van der Waals surface area contributed by atoms with Crippen LogP contribution in [0.4, 0.5) is 0 Å². The highest BCUT2D eigenvalue weighted by molar-refractivity contribution is 5.78. The van der Waals surface area contributed by atoms with Gasteiger partial charge in [0.25, 0.3) is 0 Å². The van der Waals surface area contributed by atoms with Crippen LogP contribution in [0.3, 0.4) is 0 Å². The zero-order chi connectivity index (χ0) is 38.2. The van der Waals surface area contributed by atoms with Gasteiger partial charge < -0.3 is 50.1 Å².